The molecule has 3 nitrogen and oxygen atoms in total. The van der Waals surface area contributed by atoms with Crippen LogP contribution in [-0.2, 0) is 0 Å². The van der Waals surface area contributed by atoms with Gasteiger partial charge in [0.05, 0.1) is 0 Å². The van der Waals surface area contributed by atoms with Crippen molar-refractivity contribution in [3.05, 3.63) is 29.3 Å². The number of hydrogen-bond donors (Lipinski definition) is 1. The Morgan fingerprint density at radius 3 is 2.64 bits per heavy atom. The molecule has 1 aliphatic heterocycles. The lowest BCUT2D eigenvalue weighted by Gasteiger charge is -2.38. The molecule has 0 spiro atoms. The summed E-state index contributed by atoms with van der Waals surface area (Å²) in [4.78, 5) is 4.78. The molecular formula is C17H27N3S2. The van der Waals surface area contributed by atoms with E-state index in [1.807, 2.05) is 11.8 Å². The Morgan fingerprint density at radius 2 is 1.95 bits per heavy atom. The van der Waals surface area contributed by atoms with Crippen molar-refractivity contribution in [2.45, 2.75) is 20.3 Å². The van der Waals surface area contributed by atoms with Gasteiger partial charge in [0.2, 0.25) is 0 Å². The minimum absolute atomic E-state index is 0.918. The summed E-state index contributed by atoms with van der Waals surface area (Å²) in [5.41, 5.74) is 4.14. The van der Waals surface area contributed by atoms with Crippen LogP contribution < -0.4 is 10.2 Å². The third-order valence-corrected chi connectivity index (χ3v) is 5.38. The monoisotopic (exact) mass is 337 g/mol. The topological polar surface area (TPSA) is 18.5 Å². The Hall–Kier alpha value is -0.940. The quantitative estimate of drug-likeness (QED) is 0.655. The molecule has 1 heterocycles. The van der Waals surface area contributed by atoms with Crippen molar-refractivity contribution in [2.75, 3.05) is 49.6 Å². The fourth-order valence-electron chi connectivity index (χ4n) is 2.75. The van der Waals surface area contributed by atoms with Gasteiger partial charge in [-0.05, 0) is 61.7 Å². The summed E-state index contributed by atoms with van der Waals surface area (Å²) in [5.74, 6) is 1.19. The third-order valence-electron chi connectivity index (χ3n) is 4.29. The fourth-order valence-corrected chi connectivity index (χ4v) is 3.47. The van der Waals surface area contributed by atoms with Crippen LogP contribution in [0.2, 0.25) is 0 Å². The van der Waals surface area contributed by atoms with E-state index < -0.39 is 0 Å². The summed E-state index contributed by atoms with van der Waals surface area (Å²) in [6.07, 6.45) is 3.31. The standard InChI is InChI=1S/C17H27N3S2/c1-14-6-4-7-16(15(14)2)19-9-11-20(12-10-19)17(21)18-8-5-13-22-3/h4,6-7H,5,8-13H2,1-3H3,(H,18,21). The zero-order valence-corrected chi connectivity index (χ0v) is 15.5. The highest BCUT2D eigenvalue weighted by Gasteiger charge is 2.20. The van der Waals surface area contributed by atoms with E-state index in [9.17, 15) is 0 Å². The van der Waals surface area contributed by atoms with Gasteiger partial charge in [-0.2, -0.15) is 11.8 Å². The molecule has 0 radical (unpaired) electrons. The second kappa shape index (κ2) is 8.63. The number of thioether (sulfide) groups is 1. The van der Waals surface area contributed by atoms with Crippen molar-refractivity contribution >= 4 is 34.8 Å². The van der Waals surface area contributed by atoms with Crippen LogP contribution in [0.4, 0.5) is 5.69 Å². The van der Waals surface area contributed by atoms with Crippen molar-refractivity contribution < 1.29 is 0 Å². The van der Waals surface area contributed by atoms with Crippen molar-refractivity contribution in [3.63, 3.8) is 0 Å². The predicted molar refractivity (Wildman–Crippen MR) is 103 cm³/mol. The van der Waals surface area contributed by atoms with Crippen molar-refractivity contribution in [3.8, 4) is 0 Å². The van der Waals surface area contributed by atoms with Crippen molar-refractivity contribution in [1.29, 1.82) is 0 Å². The molecule has 1 aromatic rings. The van der Waals surface area contributed by atoms with Crippen LogP contribution in [0.5, 0.6) is 0 Å². The lowest BCUT2D eigenvalue weighted by Crippen LogP contribution is -2.52. The molecule has 0 saturated carbocycles. The molecule has 2 rings (SSSR count). The highest BCUT2D eigenvalue weighted by Crippen LogP contribution is 2.23. The predicted octanol–water partition coefficient (Wildman–Crippen LogP) is 3.05. The molecule has 0 unspecified atom stereocenters. The van der Waals surface area contributed by atoms with E-state index in [0.29, 0.717) is 0 Å². The Labute approximate surface area is 144 Å². The molecule has 0 atom stereocenters. The Morgan fingerprint density at radius 1 is 1.23 bits per heavy atom. The Kier molecular flexibility index (Phi) is 6.83. The van der Waals surface area contributed by atoms with Gasteiger partial charge in [0, 0.05) is 38.4 Å². The number of thiocarbonyl (C=S) groups is 1. The van der Waals surface area contributed by atoms with Crippen LogP contribution in [0.3, 0.4) is 0 Å². The Bertz CT molecular complexity index is 497. The SMILES string of the molecule is CSCCCNC(=S)N1CCN(c2cccc(C)c2C)CC1. The second-order valence-electron chi connectivity index (χ2n) is 5.77. The number of nitrogens with zero attached hydrogens (tertiary/aromatic N) is 2. The van der Waals surface area contributed by atoms with Crippen LogP contribution in [0, 0.1) is 13.8 Å². The minimum atomic E-state index is 0.918. The van der Waals surface area contributed by atoms with Crippen LogP contribution in [0.15, 0.2) is 18.2 Å². The number of hydrogen-bond acceptors (Lipinski definition) is 3. The van der Waals surface area contributed by atoms with E-state index in [1.54, 1.807) is 0 Å². The van der Waals surface area contributed by atoms with Gasteiger partial charge in [-0.1, -0.05) is 12.1 Å². The molecule has 1 N–H and O–H groups in total. The van der Waals surface area contributed by atoms with E-state index in [4.69, 9.17) is 12.2 Å². The second-order valence-corrected chi connectivity index (χ2v) is 7.14. The smallest absolute Gasteiger partial charge is 0.169 e. The molecule has 0 aromatic heterocycles. The number of aryl methyl sites for hydroxylation is 1. The minimum Gasteiger partial charge on any atom is -0.368 e. The summed E-state index contributed by atoms with van der Waals surface area (Å²) in [7, 11) is 0. The van der Waals surface area contributed by atoms with Crippen molar-refractivity contribution in [2.24, 2.45) is 0 Å². The molecule has 0 bridgehead atoms. The molecule has 1 fully saturated rings. The number of piperazine rings is 1. The van der Waals surface area contributed by atoms with E-state index in [0.717, 1.165) is 37.8 Å². The van der Waals surface area contributed by atoms with Crippen LogP contribution >= 0.6 is 24.0 Å². The van der Waals surface area contributed by atoms with Crippen LogP contribution in [-0.4, -0.2) is 54.7 Å². The van der Waals surface area contributed by atoms with Gasteiger partial charge in [0.25, 0.3) is 0 Å². The molecule has 122 valence electrons. The van der Waals surface area contributed by atoms with Gasteiger partial charge in [0.15, 0.2) is 5.11 Å². The maximum atomic E-state index is 5.51. The van der Waals surface area contributed by atoms with Gasteiger partial charge in [-0.15, -0.1) is 0 Å². The van der Waals surface area contributed by atoms with E-state index in [1.165, 1.54) is 29.0 Å². The van der Waals surface area contributed by atoms with Crippen molar-refractivity contribution in [1.82, 2.24) is 10.2 Å². The highest BCUT2D eigenvalue weighted by atomic mass is 32.2. The third kappa shape index (κ3) is 4.53. The zero-order valence-electron chi connectivity index (χ0n) is 13.9. The lowest BCUT2D eigenvalue weighted by atomic mass is 10.1. The van der Waals surface area contributed by atoms with E-state index in [-0.39, 0.29) is 0 Å². The summed E-state index contributed by atoms with van der Waals surface area (Å²) >= 11 is 7.40. The summed E-state index contributed by atoms with van der Waals surface area (Å²) in [6, 6.07) is 6.57. The fraction of sp³-hybridized carbons (Fsp3) is 0.588. The largest absolute Gasteiger partial charge is 0.368 e. The number of rotatable bonds is 5. The van der Waals surface area contributed by atoms with Crippen LogP contribution in [0.1, 0.15) is 17.5 Å². The first-order valence-corrected chi connectivity index (χ1v) is 9.76. The van der Waals surface area contributed by atoms with Gasteiger partial charge in [0.1, 0.15) is 0 Å². The average Bonchev–Trinajstić information content (AvgIpc) is 2.54. The molecule has 0 aliphatic carbocycles. The first-order valence-electron chi connectivity index (χ1n) is 7.96. The lowest BCUT2D eigenvalue weighted by molar-refractivity contribution is 0.380. The summed E-state index contributed by atoms with van der Waals surface area (Å²) in [6.45, 7) is 9.46. The van der Waals surface area contributed by atoms with E-state index >= 15 is 0 Å². The van der Waals surface area contributed by atoms with Crippen LogP contribution in [0.25, 0.3) is 0 Å². The summed E-state index contributed by atoms with van der Waals surface area (Å²) in [5, 5.41) is 4.31. The Balaban J connectivity index is 1.82. The van der Waals surface area contributed by atoms with Gasteiger partial charge in [-0.3, -0.25) is 0 Å². The molecule has 0 amide bonds. The molecule has 1 aromatic carbocycles. The molecule has 1 saturated heterocycles. The number of benzene rings is 1. The summed E-state index contributed by atoms with van der Waals surface area (Å²) < 4.78 is 0. The number of nitrogens with one attached hydrogen (secondary N) is 1. The maximum absolute atomic E-state index is 5.51. The first kappa shape index (κ1) is 17.4. The van der Waals surface area contributed by atoms with Gasteiger partial charge in [-0.25, -0.2) is 0 Å². The highest BCUT2D eigenvalue weighted by molar-refractivity contribution is 7.98. The zero-order chi connectivity index (χ0) is 15.9. The normalized spacial score (nSPS) is 15.0. The average molecular weight is 338 g/mol. The molecule has 5 heteroatoms. The molecule has 22 heavy (non-hydrogen) atoms. The maximum Gasteiger partial charge on any atom is 0.169 e. The van der Waals surface area contributed by atoms with Gasteiger partial charge >= 0.3 is 0 Å². The first-order chi connectivity index (χ1) is 10.6. The molecule has 1 aliphatic rings. The number of anilines is 1. The molecular weight excluding hydrogens is 310 g/mol. The van der Waals surface area contributed by atoms with E-state index in [2.05, 4.69) is 53.4 Å². The van der Waals surface area contributed by atoms with Gasteiger partial charge < -0.3 is 15.1 Å².